The van der Waals surface area contributed by atoms with Crippen molar-refractivity contribution in [3.8, 4) is 5.88 Å². The van der Waals surface area contributed by atoms with Gasteiger partial charge < -0.3 is 19.9 Å². The van der Waals surface area contributed by atoms with E-state index in [4.69, 9.17) is 9.73 Å². The summed E-state index contributed by atoms with van der Waals surface area (Å²) in [6, 6.07) is 3.92. The van der Waals surface area contributed by atoms with Crippen molar-refractivity contribution in [3.63, 3.8) is 0 Å². The third-order valence-electron chi connectivity index (χ3n) is 5.69. The standard InChI is InChI=1S/C22H31N7O2/c1-3-23-22(28-11-12-29(20(30)16-28)18-14-26-27(2)15-18)25-13-17-7-6-10-24-21(17)31-19-8-4-5-9-19/h6-7,10,14-15,19H,3-5,8-9,11-13,16H2,1-2H3,(H,23,25). The quantitative estimate of drug-likeness (QED) is 0.562. The number of pyridine rings is 1. The first-order valence-corrected chi connectivity index (χ1v) is 11.1. The average molecular weight is 426 g/mol. The number of aliphatic imine (C=N–C) groups is 1. The van der Waals surface area contributed by atoms with Gasteiger partial charge in [-0.15, -0.1) is 0 Å². The smallest absolute Gasteiger partial charge is 0.246 e. The Hall–Kier alpha value is -3.10. The molecule has 2 aromatic rings. The van der Waals surface area contributed by atoms with Gasteiger partial charge in [-0.25, -0.2) is 9.98 Å². The molecule has 2 aliphatic rings. The van der Waals surface area contributed by atoms with Gasteiger partial charge in [0.15, 0.2) is 5.96 Å². The summed E-state index contributed by atoms with van der Waals surface area (Å²) >= 11 is 0. The molecule has 1 aliphatic carbocycles. The van der Waals surface area contributed by atoms with Crippen molar-refractivity contribution < 1.29 is 9.53 Å². The summed E-state index contributed by atoms with van der Waals surface area (Å²) in [6.45, 7) is 4.79. The molecule has 31 heavy (non-hydrogen) atoms. The Labute approximate surface area is 183 Å². The SMILES string of the molecule is CCNC(=NCc1cccnc1OC1CCCC1)N1CCN(c2cnn(C)c2)C(=O)C1. The summed E-state index contributed by atoms with van der Waals surface area (Å²) in [5.41, 5.74) is 1.79. The van der Waals surface area contributed by atoms with Crippen LogP contribution in [0.1, 0.15) is 38.2 Å². The predicted octanol–water partition coefficient (Wildman–Crippen LogP) is 1.95. The number of carbonyl (C=O) groups excluding carboxylic acids is 1. The van der Waals surface area contributed by atoms with Crippen LogP contribution in [0.3, 0.4) is 0 Å². The Balaban J connectivity index is 1.44. The molecule has 3 heterocycles. The summed E-state index contributed by atoms with van der Waals surface area (Å²) in [4.78, 5) is 25.8. The van der Waals surface area contributed by atoms with Crippen LogP contribution >= 0.6 is 0 Å². The van der Waals surface area contributed by atoms with Crippen molar-refractivity contribution in [1.29, 1.82) is 0 Å². The topological polar surface area (TPSA) is 87.9 Å². The number of hydrogen-bond donors (Lipinski definition) is 1. The first kappa shape index (κ1) is 21.1. The van der Waals surface area contributed by atoms with Crippen molar-refractivity contribution in [2.24, 2.45) is 12.0 Å². The van der Waals surface area contributed by atoms with Crippen LogP contribution in [0.2, 0.25) is 0 Å². The van der Waals surface area contributed by atoms with Crippen molar-refractivity contribution in [1.82, 2.24) is 25.0 Å². The van der Waals surface area contributed by atoms with Crippen LogP contribution in [-0.2, 0) is 18.4 Å². The fraction of sp³-hybridized carbons (Fsp3) is 0.545. The Morgan fingerprint density at radius 3 is 2.87 bits per heavy atom. The minimum absolute atomic E-state index is 0.0384. The lowest BCUT2D eigenvalue weighted by molar-refractivity contribution is -0.120. The van der Waals surface area contributed by atoms with Crippen molar-refractivity contribution in [2.75, 3.05) is 31.1 Å². The number of guanidine groups is 1. The molecule has 9 nitrogen and oxygen atoms in total. The van der Waals surface area contributed by atoms with Crippen LogP contribution in [0, 0.1) is 0 Å². The summed E-state index contributed by atoms with van der Waals surface area (Å²) in [7, 11) is 1.85. The minimum atomic E-state index is 0.0384. The van der Waals surface area contributed by atoms with Crippen LogP contribution in [0.5, 0.6) is 5.88 Å². The number of aryl methyl sites for hydroxylation is 1. The normalized spacial score (nSPS) is 18.0. The van der Waals surface area contributed by atoms with E-state index >= 15 is 0 Å². The van der Waals surface area contributed by atoms with E-state index in [2.05, 4.69) is 15.4 Å². The molecular formula is C22H31N7O2. The molecule has 0 aromatic carbocycles. The number of hydrogen-bond acceptors (Lipinski definition) is 5. The van der Waals surface area contributed by atoms with Gasteiger partial charge in [-0.1, -0.05) is 6.07 Å². The second kappa shape index (κ2) is 9.80. The van der Waals surface area contributed by atoms with E-state index in [1.807, 2.05) is 37.2 Å². The molecular weight excluding hydrogens is 394 g/mol. The van der Waals surface area contributed by atoms with Gasteiger partial charge in [0.2, 0.25) is 11.8 Å². The van der Waals surface area contributed by atoms with Gasteiger partial charge in [0, 0.05) is 44.6 Å². The molecule has 1 N–H and O–H groups in total. The number of ether oxygens (including phenoxy) is 1. The van der Waals surface area contributed by atoms with E-state index in [0.29, 0.717) is 25.5 Å². The Kier molecular flexibility index (Phi) is 6.69. The summed E-state index contributed by atoms with van der Waals surface area (Å²) in [6.07, 6.45) is 10.2. The second-order valence-electron chi connectivity index (χ2n) is 8.00. The van der Waals surface area contributed by atoms with E-state index in [0.717, 1.165) is 36.6 Å². The van der Waals surface area contributed by atoms with E-state index in [1.165, 1.54) is 12.8 Å². The molecule has 0 unspecified atom stereocenters. The zero-order valence-electron chi connectivity index (χ0n) is 18.3. The molecule has 166 valence electrons. The largest absolute Gasteiger partial charge is 0.474 e. The van der Waals surface area contributed by atoms with Crippen LogP contribution < -0.4 is 15.0 Å². The monoisotopic (exact) mass is 425 g/mol. The first-order chi connectivity index (χ1) is 15.1. The zero-order valence-corrected chi connectivity index (χ0v) is 18.3. The number of anilines is 1. The third kappa shape index (κ3) is 5.15. The van der Waals surface area contributed by atoms with Gasteiger partial charge in [-0.2, -0.15) is 5.10 Å². The van der Waals surface area contributed by atoms with Gasteiger partial charge in [-0.3, -0.25) is 9.48 Å². The number of nitrogens with one attached hydrogen (secondary N) is 1. The van der Waals surface area contributed by atoms with Crippen LogP contribution in [0.4, 0.5) is 5.69 Å². The highest BCUT2D eigenvalue weighted by Crippen LogP contribution is 2.25. The maximum atomic E-state index is 12.8. The van der Waals surface area contributed by atoms with Gasteiger partial charge >= 0.3 is 0 Å². The fourth-order valence-corrected chi connectivity index (χ4v) is 4.08. The molecule has 0 bridgehead atoms. The number of amides is 1. The van der Waals surface area contributed by atoms with Gasteiger partial charge in [0.25, 0.3) is 0 Å². The predicted molar refractivity (Wildman–Crippen MR) is 119 cm³/mol. The third-order valence-corrected chi connectivity index (χ3v) is 5.69. The molecule has 2 aromatic heterocycles. The number of carbonyl (C=O) groups is 1. The van der Waals surface area contributed by atoms with Gasteiger partial charge in [0.05, 0.1) is 18.4 Å². The highest BCUT2D eigenvalue weighted by molar-refractivity contribution is 5.98. The van der Waals surface area contributed by atoms with Gasteiger partial charge in [0.1, 0.15) is 12.6 Å². The molecule has 4 rings (SSSR count). The van der Waals surface area contributed by atoms with E-state index in [9.17, 15) is 4.79 Å². The number of aromatic nitrogens is 3. The maximum absolute atomic E-state index is 12.8. The van der Waals surface area contributed by atoms with E-state index in [-0.39, 0.29) is 18.6 Å². The highest BCUT2D eigenvalue weighted by Gasteiger charge is 2.27. The molecule has 1 amide bonds. The Morgan fingerprint density at radius 1 is 1.32 bits per heavy atom. The van der Waals surface area contributed by atoms with E-state index < -0.39 is 0 Å². The lowest BCUT2D eigenvalue weighted by Crippen LogP contribution is -2.55. The zero-order chi connectivity index (χ0) is 21.6. The number of rotatable bonds is 6. The lowest BCUT2D eigenvalue weighted by atomic mass is 10.2. The highest BCUT2D eigenvalue weighted by atomic mass is 16.5. The number of piperazine rings is 1. The van der Waals surface area contributed by atoms with Gasteiger partial charge in [-0.05, 0) is 38.7 Å². The first-order valence-electron chi connectivity index (χ1n) is 11.1. The Bertz CT molecular complexity index is 920. The maximum Gasteiger partial charge on any atom is 0.246 e. The molecule has 1 saturated carbocycles. The van der Waals surface area contributed by atoms with Crippen molar-refractivity contribution >= 4 is 17.6 Å². The molecule has 0 atom stereocenters. The van der Waals surface area contributed by atoms with Crippen LogP contribution in [-0.4, -0.2) is 63.8 Å². The van der Waals surface area contributed by atoms with Crippen molar-refractivity contribution in [3.05, 3.63) is 36.3 Å². The summed E-state index contributed by atoms with van der Waals surface area (Å²) in [5, 5.41) is 7.49. The van der Waals surface area contributed by atoms with Crippen LogP contribution in [0.25, 0.3) is 0 Å². The van der Waals surface area contributed by atoms with Crippen molar-refractivity contribution in [2.45, 2.75) is 45.3 Å². The average Bonchev–Trinajstić information content (AvgIpc) is 3.44. The molecule has 1 saturated heterocycles. The van der Waals surface area contributed by atoms with Crippen LogP contribution in [0.15, 0.2) is 35.7 Å². The molecule has 0 radical (unpaired) electrons. The molecule has 9 heteroatoms. The summed E-state index contributed by atoms with van der Waals surface area (Å²) in [5.74, 6) is 1.44. The molecule has 1 aliphatic heterocycles. The minimum Gasteiger partial charge on any atom is -0.474 e. The fourth-order valence-electron chi connectivity index (χ4n) is 4.08. The summed E-state index contributed by atoms with van der Waals surface area (Å²) < 4.78 is 7.85. The second-order valence-corrected chi connectivity index (χ2v) is 8.00. The molecule has 2 fully saturated rings. The number of nitrogens with zero attached hydrogens (tertiary/aromatic N) is 6. The lowest BCUT2D eigenvalue weighted by Gasteiger charge is -2.35. The molecule has 0 spiro atoms. The Morgan fingerprint density at radius 2 is 2.16 bits per heavy atom. The van der Waals surface area contributed by atoms with E-state index in [1.54, 1.807) is 22.0 Å².